The summed E-state index contributed by atoms with van der Waals surface area (Å²) in [6.45, 7) is 25.7. The molecule has 2 aliphatic heterocycles. The van der Waals surface area contributed by atoms with Gasteiger partial charge in [-0.1, -0.05) is 81.8 Å². The molecule has 2 unspecified atom stereocenters. The monoisotopic (exact) mass is 810 g/mol. The number of hydrogen-bond donors (Lipinski definition) is 0. The molecule has 13 heteroatoms. The van der Waals surface area contributed by atoms with Crippen LogP contribution in [0.1, 0.15) is 62.5 Å². The Morgan fingerprint density at radius 1 is 0.912 bits per heavy atom. The second kappa shape index (κ2) is 17.0. The Hall–Kier alpha value is -4.18. The van der Waals surface area contributed by atoms with Crippen LogP contribution in [-0.4, -0.2) is 97.4 Å². The molecule has 0 spiro atoms. The fourth-order valence-electron chi connectivity index (χ4n) is 7.94. The van der Waals surface area contributed by atoms with E-state index in [-0.39, 0.29) is 31.6 Å². The number of nitrogens with zero attached hydrogens (tertiary/aromatic N) is 6. The van der Waals surface area contributed by atoms with Crippen LogP contribution in [0.5, 0.6) is 0 Å². The van der Waals surface area contributed by atoms with Crippen molar-refractivity contribution in [3.8, 4) is 22.4 Å². The van der Waals surface area contributed by atoms with E-state index in [2.05, 4.69) is 45.9 Å². The lowest BCUT2D eigenvalue weighted by Gasteiger charge is -2.45. The first kappa shape index (κ1) is 42.4. The topological polar surface area (TPSA) is 111 Å². The van der Waals surface area contributed by atoms with Gasteiger partial charge < -0.3 is 24.0 Å². The average molecular weight is 811 g/mol. The lowest BCUT2D eigenvalue weighted by atomic mass is 9.71. The number of rotatable bonds is 16. The third kappa shape index (κ3) is 9.93. The van der Waals surface area contributed by atoms with Crippen molar-refractivity contribution >= 4 is 40.0 Å². The highest BCUT2D eigenvalue weighted by atomic mass is 28.3. The van der Waals surface area contributed by atoms with Gasteiger partial charge in [-0.25, -0.2) is 9.78 Å². The molecule has 6 rings (SSSR count). The summed E-state index contributed by atoms with van der Waals surface area (Å²) < 4.78 is 20.5. The zero-order chi connectivity index (χ0) is 41.2. The van der Waals surface area contributed by atoms with Gasteiger partial charge in [-0.15, -0.1) is 6.58 Å². The van der Waals surface area contributed by atoms with Gasteiger partial charge in [-0.05, 0) is 64.6 Å². The molecule has 2 bridgehead atoms. The minimum absolute atomic E-state index is 0.0948. The van der Waals surface area contributed by atoms with Crippen LogP contribution in [0.2, 0.25) is 51.4 Å². The molecule has 2 fully saturated rings. The summed E-state index contributed by atoms with van der Waals surface area (Å²) in [7, 11) is -2.74. The van der Waals surface area contributed by atoms with Crippen molar-refractivity contribution in [1.82, 2.24) is 24.5 Å². The normalized spacial score (nSPS) is 19.8. The Kier molecular flexibility index (Phi) is 12.6. The second-order valence-corrected chi connectivity index (χ2v) is 30.4. The van der Waals surface area contributed by atoms with Gasteiger partial charge in [-0.3, -0.25) is 9.78 Å². The van der Waals surface area contributed by atoms with E-state index in [4.69, 9.17) is 29.3 Å². The van der Waals surface area contributed by atoms with E-state index in [1.54, 1.807) is 10.7 Å². The Morgan fingerprint density at radius 2 is 1.53 bits per heavy atom. The van der Waals surface area contributed by atoms with Crippen LogP contribution in [0.25, 0.3) is 28.0 Å². The number of aldehydes is 1. The van der Waals surface area contributed by atoms with Crippen LogP contribution in [0.15, 0.2) is 67.5 Å². The van der Waals surface area contributed by atoms with E-state index >= 15 is 0 Å². The number of carbonyl (C=O) groups is 2. The number of anilines is 1. The SMILES string of the molecule is C=CC1(c2nc3c(-c4ccc(-c5ccccc5)nc4)cnn3c(N(COCC[Si](C)(C)C)COCC[Si](C)(C)C)c2C=O)CC2CCC(C1)N2C(=O)OC(C)(C)C. The van der Waals surface area contributed by atoms with E-state index < -0.39 is 27.2 Å². The van der Waals surface area contributed by atoms with Crippen LogP contribution < -0.4 is 4.90 Å². The van der Waals surface area contributed by atoms with Gasteiger partial charge in [0.25, 0.3) is 0 Å². The summed E-state index contributed by atoms with van der Waals surface area (Å²) in [4.78, 5) is 41.4. The maximum Gasteiger partial charge on any atom is 0.410 e. The Balaban J connectivity index is 1.48. The highest BCUT2D eigenvalue weighted by molar-refractivity contribution is 6.76. The fourth-order valence-corrected chi connectivity index (χ4v) is 9.45. The smallest absolute Gasteiger partial charge is 0.410 e. The molecule has 0 aliphatic carbocycles. The number of ether oxygens (including phenoxy) is 3. The number of carbonyl (C=O) groups excluding carboxylic acids is 2. The molecule has 1 aromatic carbocycles. The molecule has 306 valence electrons. The molecule has 2 saturated heterocycles. The number of hydrogen-bond acceptors (Lipinski definition) is 9. The second-order valence-electron chi connectivity index (χ2n) is 19.2. The van der Waals surface area contributed by atoms with Gasteiger partial charge in [0.1, 0.15) is 24.9 Å². The molecule has 3 aromatic heterocycles. The standard InChI is InChI=1S/C44H62N6O5Si2/c1-11-44(25-34-18-19-35(26-44)49(34)42(52)55-43(2,3)4)39-37(29-51)41(48(30-53-21-23-56(5,6)7)31-54-22-24-57(8,9)10)50-40(47-39)36(28-46-50)33-17-20-38(45-27-33)32-15-13-12-14-16-32/h11-17,20,27-29,34-35H,1,18-19,21-26,30-31H2,2-10H3. The van der Waals surface area contributed by atoms with Crippen LogP contribution in [0.4, 0.5) is 10.6 Å². The van der Waals surface area contributed by atoms with Crippen LogP contribution in [0.3, 0.4) is 0 Å². The number of fused-ring (bicyclic) bond motifs is 3. The predicted molar refractivity (Wildman–Crippen MR) is 233 cm³/mol. The number of benzene rings is 1. The first-order valence-corrected chi connectivity index (χ1v) is 27.8. The third-order valence-electron chi connectivity index (χ3n) is 11.0. The fraction of sp³-hybridized carbons (Fsp3) is 0.523. The lowest BCUT2D eigenvalue weighted by Crippen LogP contribution is -2.53. The predicted octanol–water partition coefficient (Wildman–Crippen LogP) is 9.69. The van der Waals surface area contributed by atoms with Crippen molar-refractivity contribution in [3.05, 3.63) is 78.8 Å². The van der Waals surface area contributed by atoms with Gasteiger partial charge in [0, 0.05) is 69.7 Å². The van der Waals surface area contributed by atoms with E-state index in [9.17, 15) is 9.59 Å². The van der Waals surface area contributed by atoms with Crippen molar-refractivity contribution in [3.63, 3.8) is 0 Å². The molecule has 0 radical (unpaired) electrons. The van der Waals surface area contributed by atoms with Crippen molar-refractivity contribution in [2.24, 2.45) is 0 Å². The largest absolute Gasteiger partial charge is 0.444 e. The molecule has 2 atom stereocenters. The van der Waals surface area contributed by atoms with Crippen molar-refractivity contribution in [2.45, 2.75) is 121 Å². The quantitative estimate of drug-likeness (QED) is 0.0359. The number of allylic oxidation sites excluding steroid dienone is 1. The highest BCUT2D eigenvalue weighted by Gasteiger charge is 2.52. The maximum atomic E-state index is 13.7. The number of pyridine rings is 1. The summed E-state index contributed by atoms with van der Waals surface area (Å²) in [5.74, 6) is 0.564. The molecule has 1 amide bonds. The van der Waals surface area contributed by atoms with Gasteiger partial charge in [0.05, 0.1) is 23.1 Å². The van der Waals surface area contributed by atoms with Gasteiger partial charge in [-0.2, -0.15) is 9.61 Å². The van der Waals surface area contributed by atoms with E-state index in [1.165, 1.54) is 0 Å². The molecule has 5 heterocycles. The summed E-state index contributed by atoms with van der Waals surface area (Å²) >= 11 is 0. The molecule has 4 aromatic rings. The van der Waals surface area contributed by atoms with Crippen LogP contribution in [-0.2, 0) is 19.6 Å². The molecular formula is C44H62N6O5Si2. The molecule has 11 nitrogen and oxygen atoms in total. The minimum atomic E-state index is -1.37. The minimum Gasteiger partial charge on any atom is -0.444 e. The lowest BCUT2D eigenvalue weighted by molar-refractivity contribution is 0.00158. The molecule has 57 heavy (non-hydrogen) atoms. The van der Waals surface area contributed by atoms with Gasteiger partial charge in [0.15, 0.2) is 11.9 Å². The molecule has 2 aliphatic rings. The first-order valence-electron chi connectivity index (χ1n) is 20.4. The Labute approximate surface area is 340 Å². The van der Waals surface area contributed by atoms with Crippen LogP contribution in [0, 0.1) is 0 Å². The van der Waals surface area contributed by atoms with E-state index in [0.717, 1.165) is 53.6 Å². The summed E-state index contributed by atoms with van der Waals surface area (Å²) in [6, 6.07) is 16.0. The van der Waals surface area contributed by atoms with Crippen molar-refractivity contribution in [1.29, 1.82) is 0 Å². The highest BCUT2D eigenvalue weighted by Crippen LogP contribution is 2.50. The molecule has 0 saturated carbocycles. The number of amides is 1. The summed E-state index contributed by atoms with van der Waals surface area (Å²) in [5.41, 5.74) is 3.85. The van der Waals surface area contributed by atoms with E-state index in [1.807, 2.05) is 85.3 Å². The Morgan fingerprint density at radius 3 is 2.04 bits per heavy atom. The molecular weight excluding hydrogens is 749 g/mol. The van der Waals surface area contributed by atoms with Crippen molar-refractivity contribution in [2.75, 3.05) is 31.6 Å². The molecule has 0 N–H and O–H groups in total. The van der Waals surface area contributed by atoms with Gasteiger partial charge in [0.2, 0.25) is 0 Å². The number of piperidine rings is 1. The maximum absolute atomic E-state index is 13.7. The van der Waals surface area contributed by atoms with E-state index in [0.29, 0.717) is 48.8 Å². The Bertz CT molecular complexity index is 2000. The first-order chi connectivity index (χ1) is 26.9. The number of aromatic nitrogens is 4. The zero-order valence-corrected chi connectivity index (χ0v) is 37.5. The van der Waals surface area contributed by atoms with Gasteiger partial charge >= 0.3 is 6.09 Å². The summed E-state index contributed by atoms with van der Waals surface area (Å²) in [5, 5.41) is 4.92. The zero-order valence-electron chi connectivity index (χ0n) is 35.5. The summed E-state index contributed by atoms with van der Waals surface area (Å²) in [6.07, 6.45) is 9.01. The van der Waals surface area contributed by atoms with Crippen molar-refractivity contribution < 1.29 is 23.8 Å². The van der Waals surface area contributed by atoms with Crippen LogP contribution >= 0.6 is 0 Å². The third-order valence-corrected chi connectivity index (χ3v) is 14.4. The average Bonchev–Trinajstić information content (AvgIpc) is 3.70.